The van der Waals surface area contributed by atoms with E-state index in [1.807, 2.05) is 12.4 Å². The smallest absolute Gasteiger partial charge is 0.0352 e. The largest absolute Gasteiger partial charge is 0.264 e. The number of pyridine rings is 1. The number of rotatable bonds is 1. The Morgan fingerprint density at radius 2 is 1.40 bits per heavy atom. The minimum absolute atomic E-state index is 1.21. The summed E-state index contributed by atoms with van der Waals surface area (Å²) in [6.45, 7) is 0. The number of fused-ring (bicyclic) bond motifs is 2. The van der Waals surface area contributed by atoms with E-state index in [0.717, 1.165) is 0 Å². The summed E-state index contributed by atoms with van der Waals surface area (Å²) in [5, 5.41) is 4.99. The molecule has 1 nitrogen and oxygen atoms in total. The second-order valence-corrected chi connectivity index (χ2v) is 4.94. The fourth-order valence-corrected chi connectivity index (χ4v) is 2.82. The van der Waals surface area contributed by atoms with Crippen molar-refractivity contribution in [3.8, 4) is 11.1 Å². The third-order valence-corrected chi connectivity index (χ3v) is 3.73. The van der Waals surface area contributed by atoms with E-state index >= 15 is 0 Å². The highest BCUT2D eigenvalue weighted by molar-refractivity contribution is 6.12. The van der Waals surface area contributed by atoms with Crippen LogP contribution in [0.5, 0.6) is 0 Å². The number of nitrogens with zero attached hydrogens (tertiary/aromatic N) is 1. The first-order valence-electron chi connectivity index (χ1n) is 6.74. The van der Waals surface area contributed by atoms with Gasteiger partial charge in [0, 0.05) is 17.8 Å². The van der Waals surface area contributed by atoms with Crippen LogP contribution in [0.3, 0.4) is 0 Å². The average molecular weight is 255 g/mol. The van der Waals surface area contributed by atoms with Gasteiger partial charge in [-0.25, -0.2) is 0 Å². The van der Waals surface area contributed by atoms with E-state index < -0.39 is 0 Å². The molecule has 4 aromatic rings. The first-order valence-corrected chi connectivity index (χ1v) is 6.74. The molecule has 0 amide bonds. The van der Waals surface area contributed by atoms with E-state index in [1.54, 1.807) is 0 Å². The van der Waals surface area contributed by atoms with Crippen LogP contribution in [-0.2, 0) is 0 Å². The quantitative estimate of drug-likeness (QED) is 0.433. The lowest BCUT2D eigenvalue weighted by atomic mass is 9.93. The maximum atomic E-state index is 4.31. The predicted octanol–water partition coefficient (Wildman–Crippen LogP) is 5.06. The molecule has 1 aromatic heterocycles. The molecule has 0 aliphatic rings. The zero-order valence-electron chi connectivity index (χ0n) is 11.0. The molecule has 20 heavy (non-hydrogen) atoms. The third-order valence-electron chi connectivity index (χ3n) is 3.73. The van der Waals surface area contributed by atoms with Crippen molar-refractivity contribution in [1.82, 2.24) is 4.98 Å². The molecule has 0 aliphatic carbocycles. The molecule has 3 aromatic carbocycles. The predicted molar refractivity (Wildman–Crippen MR) is 84.7 cm³/mol. The van der Waals surface area contributed by atoms with Crippen LogP contribution in [0.25, 0.3) is 32.7 Å². The van der Waals surface area contributed by atoms with Gasteiger partial charge in [0.1, 0.15) is 0 Å². The summed E-state index contributed by atoms with van der Waals surface area (Å²) in [6, 6.07) is 23.4. The highest BCUT2D eigenvalue weighted by Gasteiger charge is 2.09. The molecule has 0 aliphatic heterocycles. The van der Waals surface area contributed by atoms with Gasteiger partial charge in [0.25, 0.3) is 0 Å². The second kappa shape index (κ2) is 4.46. The van der Waals surface area contributed by atoms with Crippen LogP contribution in [0.2, 0.25) is 0 Å². The maximum absolute atomic E-state index is 4.31. The Morgan fingerprint density at radius 1 is 0.650 bits per heavy atom. The van der Waals surface area contributed by atoms with E-state index in [2.05, 4.69) is 71.7 Å². The van der Waals surface area contributed by atoms with Gasteiger partial charge in [0.15, 0.2) is 0 Å². The van der Waals surface area contributed by atoms with Crippen molar-refractivity contribution in [3.63, 3.8) is 0 Å². The lowest BCUT2D eigenvalue weighted by Crippen LogP contribution is -1.86. The van der Waals surface area contributed by atoms with Gasteiger partial charge in [-0.3, -0.25) is 4.98 Å². The van der Waals surface area contributed by atoms with Crippen LogP contribution < -0.4 is 0 Å². The van der Waals surface area contributed by atoms with Gasteiger partial charge < -0.3 is 0 Å². The van der Waals surface area contributed by atoms with E-state index in [0.29, 0.717) is 0 Å². The molecule has 0 unspecified atom stereocenters. The van der Waals surface area contributed by atoms with Gasteiger partial charge in [-0.05, 0) is 39.4 Å². The Balaban J connectivity index is 2.24. The van der Waals surface area contributed by atoms with Gasteiger partial charge >= 0.3 is 0 Å². The Hall–Kier alpha value is -2.67. The summed E-state index contributed by atoms with van der Waals surface area (Å²) in [6.07, 6.45) is 3.82. The van der Waals surface area contributed by atoms with Crippen molar-refractivity contribution in [2.24, 2.45) is 0 Å². The Morgan fingerprint density at radius 3 is 2.30 bits per heavy atom. The average Bonchev–Trinajstić information content (AvgIpc) is 2.53. The van der Waals surface area contributed by atoms with Crippen molar-refractivity contribution < 1.29 is 0 Å². The summed E-state index contributed by atoms with van der Waals surface area (Å²) in [5.74, 6) is 0. The molecule has 0 atom stereocenters. The van der Waals surface area contributed by atoms with Crippen LogP contribution in [0, 0.1) is 0 Å². The molecule has 0 spiro atoms. The highest BCUT2D eigenvalue weighted by atomic mass is 14.6. The number of hydrogen-bond acceptors (Lipinski definition) is 1. The highest BCUT2D eigenvalue weighted by Crippen LogP contribution is 2.35. The molecule has 0 saturated carbocycles. The Kier molecular flexibility index (Phi) is 2.49. The molecule has 1 heteroatoms. The molecule has 0 saturated heterocycles. The summed E-state index contributed by atoms with van der Waals surface area (Å²) in [5.41, 5.74) is 2.51. The Labute approximate surface area is 117 Å². The van der Waals surface area contributed by atoms with E-state index in [9.17, 15) is 0 Å². The van der Waals surface area contributed by atoms with Gasteiger partial charge in [-0.1, -0.05) is 54.6 Å². The lowest BCUT2D eigenvalue weighted by molar-refractivity contribution is 1.37. The van der Waals surface area contributed by atoms with Crippen molar-refractivity contribution in [1.29, 1.82) is 0 Å². The third kappa shape index (κ3) is 1.68. The first kappa shape index (κ1) is 11.2. The minimum Gasteiger partial charge on any atom is -0.264 e. The molecule has 0 bridgehead atoms. The van der Waals surface area contributed by atoms with E-state index in [1.165, 1.54) is 32.7 Å². The molecular formula is C19H13N. The van der Waals surface area contributed by atoms with E-state index in [-0.39, 0.29) is 0 Å². The molecule has 1 heterocycles. The molecular weight excluding hydrogens is 242 g/mol. The van der Waals surface area contributed by atoms with E-state index in [4.69, 9.17) is 0 Å². The zero-order chi connectivity index (χ0) is 13.4. The number of aromatic nitrogens is 1. The van der Waals surface area contributed by atoms with Gasteiger partial charge in [-0.2, -0.15) is 0 Å². The summed E-state index contributed by atoms with van der Waals surface area (Å²) in [7, 11) is 0. The van der Waals surface area contributed by atoms with Gasteiger partial charge in [-0.15, -0.1) is 0 Å². The SMILES string of the molecule is c1ccc(-c2c3ccccc3cc3ccncc23)cc1. The van der Waals surface area contributed by atoms with Crippen molar-refractivity contribution in [3.05, 3.63) is 79.1 Å². The van der Waals surface area contributed by atoms with Gasteiger partial charge in [0.2, 0.25) is 0 Å². The second-order valence-electron chi connectivity index (χ2n) is 4.94. The van der Waals surface area contributed by atoms with Crippen molar-refractivity contribution in [2.75, 3.05) is 0 Å². The summed E-state index contributed by atoms with van der Waals surface area (Å²) < 4.78 is 0. The van der Waals surface area contributed by atoms with Crippen LogP contribution >= 0.6 is 0 Å². The zero-order valence-corrected chi connectivity index (χ0v) is 11.0. The van der Waals surface area contributed by atoms with Crippen LogP contribution in [0.1, 0.15) is 0 Å². The molecule has 94 valence electrons. The molecule has 0 radical (unpaired) electrons. The fraction of sp³-hybridized carbons (Fsp3) is 0. The van der Waals surface area contributed by atoms with Crippen molar-refractivity contribution in [2.45, 2.75) is 0 Å². The fourth-order valence-electron chi connectivity index (χ4n) is 2.82. The van der Waals surface area contributed by atoms with Gasteiger partial charge in [0.05, 0.1) is 0 Å². The normalized spacial score (nSPS) is 11.0. The maximum Gasteiger partial charge on any atom is 0.0352 e. The molecule has 0 fully saturated rings. The minimum atomic E-state index is 1.21. The molecule has 4 rings (SSSR count). The lowest BCUT2D eigenvalue weighted by Gasteiger charge is -2.11. The van der Waals surface area contributed by atoms with Crippen LogP contribution in [-0.4, -0.2) is 4.98 Å². The number of benzene rings is 3. The van der Waals surface area contributed by atoms with Crippen LogP contribution in [0.15, 0.2) is 79.1 Å². The monoisotopic (exact) mass is 255 g/mol. The molecule has 0 N–H and O–H groups in total. The summed E-state index contributed by atoms with van der Waals surface area (Å²) >= 11 is 0. The summed E-state index contributed by atoms with van der Waals surface area (Å²) in [4.78, 5) is 4.31. The standard InChI is InChI=1S/C19H13N/c1-2-6-14(7-3-1)19-17-9-5-4-8-15(17)12-16-10-11-20-13-18(16)19/h1-13H. The van der Waals surface area contributed by atoms with Crippen LogP contribution in [0.4, 0.5) is 0 Å². The topological polar surface area (TPSA) is 12.9 Å². The first-order chi connectivity index (χ1) is 9.93. The number of hydrogen-bond donors (Lipinski definition) is 0. The Bertz CT molecular complexity index is 841. The van der Waals surface area contributed by atoms with Crippen molar-refractivity contribution >= 4 is 21.5 Å².